The first-order chi connectivity index (χ1) is 7.15. The lowest BCUT2D eigenvalue weighted by atomic mass is 10.0. The van der Waals surface area contributed by atoms with Crippen LogP contribution in [0.25, 0.3) is 10.9 Å². The van der Waals surface area contributed by atoms with Gasteiger partial charge in [0.2, 0.25) is 0 Å². The number of H-pyrrole nitrogens is 1. The SMILES string of the molecule is CCc1c[nH]c2c(C(=O)O)c(C)ccc12. The van der Waals surface area contributed by atoms with Crippen LogP contribution in [0.5, 0.6) is 0 Å². The van der Waals surface area contributed by atoms with E-state index < -0.39 is 5.97 Å². The molecule has 0 fully saturated rings. The van der Waals surface area contributed by atoms with Crippen LogP contribution in [0.15, 0.2) is 18.3 Å². The van der Waals surface area contributed by atoms with Gasteiger partial charge in [0.05, 0.1) is 11.1 Å². The molecule has 0 amide bonds. The average molecular weight is 203 g/mol. The van der Waals surface area contributed by atoms with Crippen molar-refractivity contribution in [1.29, 1.82) is 0 Å². The summed E-state index contributed by atoms with van der Waals surface area (Å²) in [5.74, 6) is -0.873. The van der Waals surface area contributed by atoms with Crippen molar-refractivity contribution in [3.63, 3.8) is 0 Å². The standard InChI is InChI=1S/C12H13NO2/c1-3-8-6-13-11-9(8)5-4-7(2)10(11)12(14)15/h4-6,13H,3H2,1-2H3,(H,14,15). The third-order valence-corrected chi connectivity index (χ3v) is 2.75. The fourth-order valence-electron chi connectivity index (χ4n) is 1.93. The van der Waals surface area contributed by atoms with Gasteiger partial charge in [-0.1, -0.05) is 19.1 Å². The summed E-state index contributed by atoms with van der Waals surface area (Å²) in [6.07, 6.45) is 2.79. The van der Waals surface area contributed by atoms with E-state index >= 15 is 0 Å². The molecular formula is C12H13NO2. The second kappa shape index (κ2) is 3.42. The van der Waals surface area contributed by atoms with E-state index in [1.807, 2.05) is 25.3 Å². The Hall–Kier alpha value is -1.77. The molecule has 78 valence electrons. The molecule has 3 nitrogen and oxygen atoms in total. The van der Waals surface area contributed by atoms with Crippen LogP contribution in [0, 0.1) is 6.92 Å². The Kier molecular flexibility index (Phi) is 2.23. The van der Waals surface area contributed by atoms with Crippen molar-refractivity contribution < 1.29 is 9.90 Å². The molecule has 1 heterocycles. The monoisotopic (exact) mass is 203 g/mol. The highest BCUT2D eigenvalue weighted by atomic mass is 16.4. The van der Waals surface area contributed by atoms with E-state index in [1.54, 1.807) is 0 Å². The van der Waals surface area contributed by atoms with Crippen LogP contribution in [-0.4, -0.2) is 16.1 Å². The maximum atomic E-state index is 11.1. The molecule has 0 unspecified atom stereocenters. The predicted octanol–water partition coefficient (Wildman–Crippen LogP) is 2.74. The van der Waals surface area contributed by atoms with Crippen molar-refractivity contribution in [2.24, 2.45) is 0 Å². The fraction of sp³-hybridized carbons (Fsp3) is 0.250. The minimum Gasteiger partial charge on any atom is -0.478 e. The zero-order valence-corrected chi connectivity index (χ0v) is 8.79. The molecule has 1 aromatic heterocycles. The summed E-state index contributed by atoms with van der Waals surface area (Å²) in [6.45, 7) is 3.87. The van der Waals surface area contributed by atoms with E-state index in [4.69, 9.17) is 5.11 Å². The molecule has 0 saturated carbocycles. The first-order valence-electron chi connectivity index (χ1n) is 4.98. The number of carboxylic acid groups (broad SMARTS) is 1. The Labute approximate surface area is 87.7 Å². The van der Waals surface area contributed by atoms with E-state index in [2.05, 4.69) is 11.9 Å². The lowest BCUT2D eigenvalue weighted by Gasteiger charge is -2.02. The number of hydrogen-bond donors (Lipinski definition) is 2. The number of hydrogen-bond acceptors (Lipinski definition) is 1. The highest BCUT2D eigenvalue weighted by Gasteiger charge is 2.14. The second-order valence-corrected chi connectivity index (χ2v) is 3.65. The first kappa shape index (κ1) is 9.77. The zero-order valence-electron chi connectivity index (χ0n) is 8.79. The Morgan fingerprint density at radius 2 is 2.20 bits per heavy atom. The van der Waals surface area contributed by atoms with Crippen molar-refractivity contribution in [2.45, 2.75) is 20.3 Å². The Bertz CT molecular complexity index is 526. The molecular weight excluding hydrogens is 190 g/mol. The summed E-state index contributed by atoms with van der Waals surface area (Å²) < 4.78 is 0. The third-order valence-electron chi connectivity index (χ3n) is 2.75. The van der Waals surface area contributed by atoms with E-state index in [9.17, 15) is 4.79 Å². The maximum absolute atomic E-state index is 11.1. The van der Waals surface area contributed by atoms with Crippen molar-refractivity contribution in [3.8, 4) is 0 Å². The number of benzene rings is 1. The van der Waals surface area contributed by atoms with Gasteiger partial charge in [-0.2, -0.15) is 0 Å². The molecule has 0 aliphatic carbocycles. The summed E-state index contributed by atoms with van der Waals surface area (Å²) in [5.41, 5.74) is 3.07. The van der Waals surface area contributed by atoms with Gasteiger partial charge in [-0.25, -0.2) is 4.79 Å². The summed E-state index contributed by atoms with van der Waals surface area (Å²) in [4.78, 5) is 14.2. The van der Waals surface area contributed by atoms with E-state index in [0.29, 0.717) is 5.56 Å². The van der Waals surface area contributed by atoms with Crippen molar-refractivity contribution in [1.82, 2.24) is 4.98 Å². The van der Waals surface area contributed by atoms with Gasteiger partial charge < -0.3 is 10.1 Å². The van der Waals surface area contributed by atoms with Gasteiger partial charge in [0.1, 0.15) is 0 Å². The first-order valence-corrected chi connectivity index (χ1v) is 4.98. The number of aryl methyl sites for hydroxylation is 2. The van der Waals surface area contributed by atoms with Crippen molar-refractivity contribution >= 4 is 16.9 Å². The summed E-state index contributed by atoms with van der Waals surface area (Å²) in [5, 5.41) is 10.1. The molecule has 0 saturated heterocycles. The molecule has 3 heteroatoms. The summed E-state index contributed by atoms with van der Waals surface area (Å²) in [7, 11) is 0. The number of rotatable bonds is 2. The highest BCUT2D eigenvalue weighted by molar-refractivity contribution is 6.04. The van der Waals surface area contributed by atoms with Crippen LogP contribution < -0.4 is 0 Å². The quantitative estimate of drug-likeness (QED) is 0.788. The van der Waals surface area contributed by atoms with E-state index in [-0.39, 0.29) is 0 Å². The molecule has 0 bridgehead atoms. The number of aromatic amines is 1. The Morgan fingerprint density at radius 3 is 2.80 bits per heavy atom. The summed E-state index contributed by atoms with van der Waals surface area (Å²) >= 11 is 0. The minimum absolute atomic E-state index is 0.382. The van der Waals surface area contributed by atoms with Gasteiger partial charge in [-0.15, -0.1) is 0 Å². The molecule has 2 N–H and O–H groups in total. The third kappa shape index (κ3) is 1.40. The second-order valence-electron chi connectivity index (χ2n) is 3.65. The predicted molar refractivity (Wildman–Crippen MR) is 59.4 cm³/mol. The number of aromatic nitrogens is 1. The van der Waals surface area contributed by atoms with Crippen molar-refractivity contribution in [3.05, 3.63) is 35.0 Å². The van der Waals surface area contributed by atoms with Gasteiger partial charge >= 0.3 is 5.97 Å². The zero-order chi connectivity index (χ0) is 11.0. The maximum Gasteiger partial charge on any atom is 0.338 e. The van der Waals surface area contributed by atoms with Gasteiger partial charge in [0.25, 0.3) is 0 Å². The molecule has 0 aliphatic rings. The van der Waals surface area contributed by atoms with Crippen LogP contribution in [0.4, 0.5) is 0 Å². The Morgan fingerprint density at radius 1 is 1.47 bits per heavy atom. The fourth-order valence-corrected chi connectivity index (χ4v) is 1.93. The van der Waals surface area contributed by atoms with Gasteiger partial charge in [0, 0.05) is 11.6 Å². The van der Waals surface area contributed by atoms with Crippen LogP contribution in [-0.2, 0) is 6.42 Å². The molecule has 2 aromatic rings. The van der Waals surface area contributed by atoms with E-state index in [1.165, 1.54) is 0 Å². The van der Waals surface area contributed by atoms with Crippen LogP contribution >= 0.6 is 0 Å². The van der Waals surface area contributed by atoms with Crippen LogP contribution in [0.2, 0.25) is 0 Å². The van der Waals surface area contributed by atoms with E-state index in [0.717, 1.165) is 28.5 Å². The molecule has 1 aromatic carbocycles. The highest BCUT2D eigenvalue weighted by Crippen LogP contribution is 2.24. The Balaban J connectivity index is 2.83. The van der Waals surface area contributed by atoms with Gasteiger partial charge in [0.15, 0.2) is 0 Å². The molecule has 15 heavy (non-hydrogen) atoms. The molecule has 0 spiro atoms. The number of nitrogens with one attached hydrogen (secondary N) is 1. The number of carboxylic acids is 1. The average Bonchev–Trinajstić information content (AvgIpc) is 2.59. The topological polar surface area (TPSA) is 53.1 Å². The van der Waals surface area contributed by atoms with Crippen LogP contribution in [0.3, 0.4) is 0 Å². The molecule has 0 aliphatic heterocycles. The van der Waals surface area contributed by atoms with Crippen LogP contribution in [0.1, 0.15) is 28.4 Å². The number of fused-ring (bicyclic) bond motifs is 1. The van der Waals surface area contributed by atoms with Crippen molar-refractivity contribution in [2.75, 3.05) is 0 Å². The molecule has 0 radical (unpaired) electrons. The lowest BCUT2D eigenvalue weighted by Crippen LogP contribution is -2.00. The summed E-state index contributed by atoms with van der Waals surface area (Å²) in [6, 6.07) is 3.84. The molecule has 2 rings (SSSR count). The van der Waals surface area contributed by atoms with Gasteiger partial charge in [-0.3, -0.25) is 0 Å². The van der Waals surface area contributed by atoms with Gasteiger partial charge in [-0.05, 0) is 24.5 Å². The molecule has 0 atom stereocenters. The smallest absolute Gasteiger partial charge is 0.338 e. The number of aromatic carboxylic acids is 1. The lowest BCUT2D eigenvalue weighted by molar-refractivity contribution is 0.0698. The number of carbonyl (C=O) groups is 1. The largest absolute Gasteiger partial charge is 0.478 e. The minimum atomic E-state index is -0.873. The normalized spacial score (nSPS) is 10.8.